The third-order valence-electron chi connectivity index (χ3n) is 5.45. The SMILES string of the molecule is O=c1[nH]c(=O)n(CCCCN2CC=C(c3ccccc3)CC2)c2ccccc12. The maximum absolute atomic E-state index is 12.2. The van der Waals surface area contributed by atoms with Gasteiger partial charge in [0.15, 0.2) is 0 Å². The lowest BCUT2D eigenvalue weighted by atomic mass is 9.99. The largest absolute Gasteiger partial charge is 0.328 e. The molecule has 144 valence electrons. The highest BCUT2D eigenvalue weighted by Gasteiger charge is 2.12. The lowest BCUT2D eigenvalue weighted by Crippen LogP contribution is -2.31. The number of fused-ring (bicyclic) bond motifs is 1. The maximum atomic E-state index is 12.2. The summed E-state index contributed by atoms with van der Waals surface area (Å²) in [5, 5.41) is 0.566. The molecule has 0 fully saturated rings. The maximum Gasteiger partial charge on any atom is 0.328 e. The normalized spacial score (nSPS) is 14.9. The predicted molar refractivity (Wildman–Crippen MR) is 114 cm³/mol. The molecular weight excluding hydrogens is 350 g/mol. The fourth-order valence-electron chi connectivity index (χ4n) is 3.90. The zero-order valence-electron chi connectivity index (χ0n) is 15.9. The van der Waals surface area contributed by atoms with Gasteiger partial charge in [-0.15, -0.1) is 0 Å². The number of hydrogen-bond donors (Lipinski definition) is 1. The molecule has 0 spiro atoms. The molecule has 2 aromatic carbocycles. The lowest BCUT2D eigenvalue weighted by Gasteiger charge is -2.26. The molecule has 4 rings (SSSR count). The van der Waals surface area contributed by atoms with Crippen molar-refractivity contribution < 1.29 is 0 Å². The average Bonchev–Trinajstić information content (AvgIpc) is 2.74. The van der Waals surface area contributed by atoms with Crippen molar-refractivity contribution in [2.75, 3.05) is 19.6 Å². The topological polar surface area (TPSA) is 58.1 Å². The number of nitrogens with zero attached hydrogens (tertiary/aromatic N) is 2. The van der Waals surface area contributed by atoms with E-state index in [1.165, 1.54) is 11.1 Å². The number of aryl methyl sites for hydroxylation is 1. The Hall–Kier alpha value is -2.92. The van der Waals surface area contributed by atoms with Crippen molar-refractivity contribution >= 4 is 16.5 Å². The molecule has 0 saturated carbocycles. The van der Waals surface area contributed by atoms with Crippen LogP contribution in [0.1, 0.15) is 24.8 Å². The number of benzene rings is 2. The van der Waals surface area contributed by atoms with Crippen molar-refractivity contribution in [3.63, 3.8) is 0 Å². The van der Waals surface area contributed by atoms with E-state index in [-0.39, 0.29) is 11.2 Å². The van der Waals surface area contributed by atoms with Crippen LogP contribution < -0.4 is 11.2 Å². The molecule has 1 aromatic heterocycles. The van der Waals surface area contributed by atoms with Gasteiger partial charge in [0.1, 0.15) is 0 Å². The van der Waals surface area contributed by atoms with Gasteiger partial charge < -0.3 is 0 Å². The number of hydrogen-bond acceptors (Lipinski definition) is 3. The number of rotatable bonds is 6. The van der Waals surface area contributed by atoms with E-state index in [9.17, 15) is 9.59 Å². The zero-order valence-corrected chi connectivity index (χ0v) is 15.9. The third kappa shape index (κ3) is 3.99. The molecular formula is C23H25N3O2. The Morgan fingerprint density at radius 3 is 2.43 bits per heavy atom. The van der Waals surface area contributed by atoms with Crippen molar-refractivity contribution in [1.82, 2.24) is 14.5 Å². The van der Waals surface area contributed by atoms with Crippen LogP contribution in [0.5, 0.6) is 0 Å². The molecule has 0 unspecified atom stereocenters. The minimum absolute atomic E-state index is 0.314. The van der Waals surface area contributed by atoms with Crippen molar-refractivity contribution in [2.24, 2.45) is 0 Å². The van der Waals surface area contributed by atoms with Gasteiger partial charge in [0.05, 0.1) is 10.9 Å². The summed E-state index contributed by atoms with van der Waals surface area (Å²) < 4.78 is 1.68. The molecule has 3 aromatic rings. The first-order valence-corrected chi connectivity index (χ1v) is 9.91. The average molecular weight is 375 g/mol. The smallest absolute Gasteiger partial charge is 0.299 e. The van der Waals surface area contributed by atoms with E-state index in [2.05, 4.69) is 46.3 Å². The molecule has 2 heterocycles. The molecule has 0 amide bonds. The van der Waals surface area contributed by atoms with Gasteiger partial charge in [-0.25, -0.2) is 4.79 Å². The molecule has 1 N–H and O–H groups in total. The highest BCUT2D eigenvalue weighted by molar-refractivity contribution is 5.77. The van der Waals surface area contributed by atoms with Crippen LogP contribution in [0.25, 0.3) is 16.5 Å². The van der Waals surface area contributed by atoms with Gasteiger partial charge in [-0.05, 0) is 49.1 Å². The molecule has 5 nitrogen and oxygen atoms in total. The summed E-state index contributed by atoms with van der Waals surface area (Å²) >= 11 is 0. The van der Waals surface area contributed by atoms with Crippen LogP contribution in [0, 0.1) is 0 Å². The lowest BCUT2D eigenvalue weighted by molar-refractivity contribution is 0.292. The van der Waals surface area contributed by atoms with E-state index in [4.69, 9.17) is 0 Å². The summed E-state index contributed by atoms with van der Waals surface area (Å²) in [4.78, 5) is 29.0. The highest BCUT2D eigenvalue weighted by atomic mass is 16.2. The van der Waals surface area contributed by atoms with Crippen LogP contribution in [0.2, 0.25) is 0 Å². The summed E-state index contributed by atoms with van der Waals surface area (Å²) in [5.74, 6) is 0. The van der Waals surface area contributed by atoms with Gasteiger partial charge in [0.25, 0.3) is 5.56 Å². The molecule has 1 aliphatic rings. The van der Waals surface area contributed by atoms with Crippen molar-refractivity contribution in [3.8, 4) is 0 Å². The van der Waals surface area contributed by atoms with E-state index in [1.807, 2.05) is 18.2 Å². The van der Waals surface area contributed by atoms with Crippen molar-refractivity contribution in [1.29, 1.82) is 0 Å². The van der Waals surface area contributed by atoms with Crippen LogP contribution >= 0.6 is 0 Å². The number of nitrogens with one attached hydrogen (secondary N) is 1. The number of aromatic amines is 1. The van der Waals surface area contributed by atoms with Gasteiger partial charge in [-0.2, -0.15) is 0 Å². The Labute approximate surface area is 163 Å². The molecule has 0 aliphatic carbocycles. The van der Waals surface area contributed by atoms with Crippen LogP contribution in [-0.4, -0.2) is 34.1 Å². The zero-order chi connectivity index (χ0) is 19.3. The summed E-state index contributed by atoms with van der Waals surface area (Å²) in [6, 6.07) is 17.9. The van der Waals surface area contributed by atoms with Gasteiger partial charge in [0, 0.05) is 19.6 Å². The molecule has 0 saturated heterocycles. The van der Waals surface area contributed by atoms with Gasteiger partial charge in [0.2, 0.25) is 0 Å². The van der Waals surface area contributed by atoms with Gasteiger partial charge in [-0.1, -0.05) is 48.5 Å². The molecule has 0 atom stereocenters. The van der Waals surface area contributed by atoms with E-state index in [0.29, 0.717) is 17.4 Å². The van der Waals surface area contributed by atoms with Gasteiger partial charge >= 0.3 is 5.69 Å². The standard InChI is InChI=1S/C23H25N3O2/c27-22-20-10-4-5-11-21(20)26(23(28)24-22)15-7-6-14-25-16-12-19(13-17-25)18-8-2-1-3-9-18/h1-5,8-12H,6-7,13-17H2,(H,24,27,28). The summed E-state index contributed by atoms with van der Waals surface area (Å²) in [7, 11) is 0. The fourth-order valence-corrected chi connectivity index (χ4v) is 3.90. The van der Waals surface area contributed by atoms with E-state index < -0.39 is 0 Å². The van der Waals surface area contributed by atoms with Crippen LogP contribution in [-0.2, 0) is 6.54 Å². The number of H-pyrrole nitrogens is 1. The Kier molecular flexibility index (Phi) is 5.53. The summed E-state index contributed by atoms with van der Waals surface area (Å²) in [6.07, 6.45) is 5.34. The second-order valence-electron chi connectivity index (χ2n) is 7.28. The van der Waals surface area contributed by atoms with E-state index >= 15 is 0 Å². The minimum atomic E-state index is -0.322. The quantitative estimate of drug-likeness (QED) is 0.673. The van der Waals surface area contributed by atoms with Crippen molar-refractivity contribution in [2.45, 2.75) is 25.8 Å². The molecule has 0 bridgehead atoms. The Morgan fingerprint density at radius 2 is 1.64 bits per heavy atom. The van der Waals surface area contributed by atoms with Gasteiger partial charge in [-0.3, -0.25) is 19.2 Å². The Morgan fingerprint density at radius 1 is 0.893 bits per heavy atom. The first-order chi connectivity index (χ1) is 13.7. The molecule has 1 aliphatic heterocycles. The number of unbranched alkanes of at least 4 members (excludes halogenated alkanes) is 1. The number of para-hydroxylation sites is 1. The third-order valence-corrected chi connectivity index (χ3v) is 5.45. The number of aromatic nitrogens is 2. The first kappa shape index (κ1) is 18.4. The van der Waals surface area contributed by atoms with E-state index in [0.717, 1.165) is 38.9 Å². The van der Waals surface area contributed by atoms with Crippen molar-refractivity contribution in [3.05, 3.63) is 87.1 Å². The second kappa shape index (κ2) is 8.40. The molecule has 28 heavy (non-hydrogen) atoms. The monoisotopic (exact) mass is 375 g/mol. The highest BCUT2D eigenvalue weighted by Crippen LogP contribution is 2.22. The van der Waals surface area contributed by atoms with E-state index in [1.54, 1.807) is 10.6 Å². The molecule has 0 radical (unpaired) electrons. The second-order valence-corrected chi connectivity index (χ2v) is 7.28. The minimum Gasteiger partial charge on any atom is -0.299 e. The van der Waals surface area contributed by atoms with Crippen LogP contribution in [0.3, 0.4) is 0 Å². The predicted octanol–water partition coefficient (Wildman–Crippen LogP) is 3.26. The van der Waals surface area contributed by atoms with Crippen LogP contribution in [0.4, 0.5) is 0 Å². The Bertz CT molecular complexity index is 1100. The fraction of sp³-hybridized carbons (Fsp3) is 0.304. The summed E-state index contributed by atoms with van der Waals surface area (Å²) in [6.45, 7) is 3.69. The Balaban J connectivity index is 1.33. The molecule has 5 heteroatoms. The first-order valence-electron chi connectivity index (χ1n) is 9.91. The van der Waals surface area contributed by atoms with Crippen LogP contribution in [0.15, 0.2) is 70.3 Å². The summed E-state index contributed by atoms with van der Waals surface area (Å²) in [5.41, 5.74) is 2.84.